The zero-order valence-electron chi connectivity index (χ0n) is 22.9. The molecule has 0 bridgehead atoms. The maximum atomic E-state index is 13.2. The van der Waals surface area contributed by atoms with Crippen molar-refractivity contribution in [1.29, 1.82) is 0 Å². The molecule has 1 amide bonds. The van der Waals surface area contributed by atoms with E-state index in [9.17, 15) is 21.6 Å². The number of ether oxygens (including phenoxy) is 1. The summed E-state index contributed by atoms with van der Waals surface area (Å²) in [4.78, 5) is 19.3. The monoisotopic (exact) mass is 558 g/mol. The Kier molecular flexibility index (Phi) is 9.66. The highest BCUT2D eigenvalue weighted by atomic mass is 32.2. The zero-order valence-corrected chi connectivity index (χ0v) is 24.6. The topological polar surface area (TPSA) is 108 Å². The second-order valence-corrected chi connectivity index (χ2v) is 14.7. The first-order valence-corrected chi connectivity index (χ1v) is 16.0. The molecule has 0 aromatic heterocycles. The molecule has 0 aliphatic carbocycles. The summed E-state index contributed by atoms with van der Waals surface area (Å²) >= 11 is 0. The number of methoxy groups -OCH3 is 1. The minimum atomic E-state index is -3.92. The van der Waals surface area contributed by atoms with Crippen LogP contribution in [0.4, 0.5) is 0 Å². The van der Waals surface area contributed by atoms with Gasteiger partial charge in [-0.3, -0.25) is 9.69 Å². The third-order valence-corrected chi connectivity index (χ3v) is 11.4. The van der Waals surface area contributed by atoms with Gasteiger partial charge >= 0.3 is 0 Å². The molecule has 2 aliphatic rings. The predicted octanol–water partition coefficient (Wildman–Crippen LogP) is 0.974. The number of hydrogen-bond acceptors (Lipinski definition) is 8. The number of carbonyl (C=O) groups excluding carboxylic acids is 1. The molecule has 210 valence electrons. The molecule has 37 heavy (non-hydrogen) atoms. The Labute approximate surface area is 222 Å². The standard InChI is InChI=1S/C25H42N4O6S2/c1-19-15-23(35-6)16-20(2)25(19)37(33,34)27(4)13-14-36(31,32)18-24(30)28(5)22-9-12-29(17-22)21-7-10-26(3)11-8-21/h15-16,21-22H,7-14,17-18H2,1-6H3. The van der Waals surface area contributed by atoms with Crippen LogP contribution in [-0.4, -0.2) is 126 Å². The molecule has 1 atom stereocenters. The maximum Gasteiger partial charge on any atom is 0.243 e. The number of rotatable bonds is 10. The molecule has 0 N–H and O–H groups in total. The third-order valence-electron chi connectivity index (χ3n) is 7.74. The lowest BCUT2D eigenvalue weighted by Gasteiger charge is -2.35. The largest absolute Gasteiger partial charge is 0.497 e. The Morgan fingerprint density at radius 1 is 1.03 bits per heavy atom. The van der Waals surface area contributed by atoms with Crippen LogP contribution >= 0.6 is 0 Å². The quantitative estimate of drug-likeness (QED) is 0.418. The second kappa shape index (κ2) is 12.0. The van der Waals surface area contributed by atoms with Crippen molar-refractivity contribution in [3.05, 3.63) is 23.3 Å². The number of nitrogens with zero attached hydrogens (tertiary/aromatic N) is 4. The van der Waals surface area contributed by atoms with E-state index >= 15 is 0 Å². The van der Waals surface area contributed by atoms with E-state index in [4.69, 9.17) is 4.74 Å². The van der Waals surface area contributed by atoms with Gasteiger partial charge in [0.15, 0.2) is 9.84 Å². The van der Waals surface area contributed by atoms with Crippen molar-refractivity contribution >= 4 is 25.8 Å². The lowest BCUT2D eigenvalue weighted by atomic mass is 10.0. The summed E-state index contributed by atoms with van der Waals surface area (Å²) in [6, 6.07) is 3.78. The lowest BCUT2D eigenvalue weighted by Crippen LogP contribution is -2.46. The SMILES string of the molecule is COc1cc(C)c(S(=O)(=O)N(C)CCS(=O)(=O)CC(=O)N(C)C2CCN(C3CCN(C)CC3)C2)c(C)c1. The smallest absolute Gasteiger partial charge is 0.243 e. The molecule has 12 heteroatoms. The number of amides is 1. The van der Waals surface area contributed by atoms with Crippen molar-refractivity contribution in [2.45, 2.75) is 50.1 Å². The number of benzene rings is 1. The van der Waals surface area contributed by atoms with Gasteiger partial charge in [-0.2, -0.15) is 4.31 Å². The van der Waals surface area contributed by atoms with Crippen LogP contribution in [0.1, 0.15) is 30.4 Å². The van der Waals surface area contributed by atoms with Crippen LogP contribution in [-0.2, 0) is 24.7 Å². The fourth-order valence-electron chi connectivity index (χ4n) is 5.32. The number of piperidine rings is 1. The summed E-state index contributed by atoms with van der Waals surface area (Å²) in [5, 5.41) is 0. The first-order valence-electron chi connectivity index (χ1n) is 12.8. The molecule has 0 spiro atoms. The number of aryl methyl sites for hydroxylation is 2. The van der Waals surface area contributed by atoms with E-state index in [-0.39, 0.29) is 17.5 Å². The lowest BCUT2D eigenvalue weighted by molar-refractivity contribution is -0.129. The molecule has 1 aromatic rings. The van der Waals surface area contributed by atoms with E-state index < -0.39 is 37.3 Å². The molecule has 2 saturated heterocycles. The first-order chi connectivity index (χ1) is 17.2. The van der Waals surface area contributed by atoms with Crippen molar-refractivity contribution in [2.75, 3.05) is 72.5 Å². The highest BCUT2D eigenvalue weighted by molar-refractivity contribution is 7.92. The van der Waals surface area contributed by atoms with Gasteiger partial charge in [0.05, 0.1) is 17.8 Å². The van der Waals surface area contributed by atoms with E-state index in [1.807, 2.05) is 0 Å². The Bertz CT molecular complexity index is 1160. The minimum absolute atomic E-state index is 0.00794. The van der Waals surface area contributed by atoms with Crippen LogP contribution in [0.25, 0.3) is 0 Å². The van der Waals surface area contributed by atoms with Gasteiger partial charge in [-0.1, -0.05) is 0 Å². The van der Waals surface area contributed by atoms with Gasteiger partial charge in [-0.05, 0) is 76.5 Å². The van der Waals surface area contributed by atoms with Crippen LogP contribution in [0.5, 0.6) is 5.75 Å². The molecule has 3 rings (SSSR count). The molecule has 1 unspecified atom stereocenters. The van der Waals surface area contributed by atoms with E-state index in [1.54, 1.807) is 37.9 Å². The summed E-state index contributed by atoms with van der Waals surface area (Å²) in [6.45, 7) is 6.94. The molecule has 1 aromatic carbocycles. The Morgan fingerprint density at radius 3 is 2.19 bits per heavy atom. The summed E-state index contributed by atoms with van der Waals surface area (Å²) in [5.41, 5.74) is 1.04. The summed E-state index contributed by atoms with van der Waals surface area (Å²) in [7, 11) is -1.05. The number of hydrogen-bond donors (Lipinski definition) is 0. The molecule has 10 nitrogen and oxygen atoms in total. The van der Waals surface area contributed by atoms with E-state index in [0.29, 0.717) is 22.9 Å². The molecular formula is C25H42N4O6S2. The normalized spacial score (nSPS) is 20.5. The van der Waals surface area contributed by atoms with E-state index in [2.05, 4.69) is 16.8 Å². The molecule has 2 aliphatic heterocycles. The van der Waals surface area contributed by atoms with E-state index in [0.717, 1.165) is 49.7 Å². The van der Waals surface area contributed by atoms with Crippen molar-refractivity contribution in [3.63, 3.8) is 0 Å². The van der Waals surface area contributed by atoms with Gasteiger partial charge < -0.3 is 14.5 Å². The van der Waals surface area contributed by atoms with Gasteiger partial charge in [0.25, 0.3) is 0 Å². The zero-order chi connectivity index (χ0) is 27.5. The molecule has 2 fully saturated rings. The first kappa shape index (κ1) is 29.8. The Balaban J connectivity index is 1.55. The number of carbonyl (C=O) groups is 1. The van der Waals surface area contributed by atoms with Crippen molar-refractivity contribution < 1.29 is 26.4 Å². The van der Waals surface area contributed by atoms with Gasteiger partial charge in [0, 0.05) is 45.8 Å². The third kappa shape index (κ3) is 7.23. The minimum Gasteiger partial charge on any atom is -0.497 e. The van der Waals surface area contributed by atoms with Gasteiger partial charge in [0.1, 0.15) is 11.5 Å². The van der Waals surface area contributed by atoms with Crippen LogP contribution in [0.2, 0.25) is 0 Å². The average molecular weight is 559 g/mol. The number of likely N-dealkylation sites (tertiary alicyclic amines) is 2. The highest BCUT2D eigenvalue weighted by Crippen LogP contribution is 2.28. The maximum absolute atomic E-state index is 13.2. The van der Waals surface area contributed by atoms with Crippen LogP contribution in [0.15, 0.2) is 17.0 Å². The molecule has 0 radical (unpaired) electrons. The average Bonchev–Trinajstić information content (AvgIpc) is 3.31. The van der Waals surface area contributed by atoms with Crippen molar-refractivity contribution in [3.8, 4) is 5.75 Å². The van der Waals surface area contributed by atoms with Gasteiger partial charge in [-0.25, -0.2) is 16.8 Å². The predicted molar refractivity (Wildman–Crippen MR) is 144 cm³/mol. The number of sulfonamides is 1. The highest BCUT2D eigenvalue weighted by Gasteiger charge is 2.34. The summed E-state index contributed by atoms with van der Waals surface area (Å²) in [6.07, 6.45) is 3.05. The van der Waals surface area contributed by atoms with Crippen molar-refractivity contribution in [1.82, 2.24) is 19.0 Å². The Hall–Kier alpha value is -1.73. The molecule has 2 heterocycles. The van der Waals surface area contributed by atoms with E-state index in [1.165, 1.54) is 14.2 Å². The Morgan fingerprint density at radius 2 is 1.62 bits per heavy atom. The van der Waals surface area contributed by atoms with Gasteiger partial charge in [0.2, 0.25) is 15.9 Å². The summed E-state index contributed by atoms with van der Waals surface area (Å²) < 4.78 is 58.2. The number of likely N-dealkylation sites (N-methyl/N-ethyl adjacent to an activating group) is 1. The molecule has 0 saturated carbocycles. The second-order valence-electron chi connectivity index (χ2n) is 10.5. The van der Waals surface area contributed by atoms with Crippen LogP contribution < -0.4 is 4.74 Å². The van der Waals surface area contributed by atoms with Gasteiger partial charge in [-0.15, -0.1) is 0 Å². The van der Waals surface area contributed by atoms with Crippen LogP contribution in [0.3, 0.4) is 0 Å². The van der Waals surface area contributed by atoms with Crippen molar-refractivity contribution in [2.24, 2.45) is 0 Å². The van der Waals surface area contributed by atoms with Crippen LogP contribution in [0, 0.1) is 13.8 Å². The fraction of sp³-hybridized carbons (Fsp3) is 0.720. The number of sulfone groups is 1. The summed E-state index contributed by atoms with van der Waals surface area (Å²) in [5.74, 6) is -0.938. The fourth-order valence-corrected chi connectivity index (χ4v) is 8.29. The molecular weight excluding hydrogens is 516 g/mol.